The first-order valence-corrected chi connectivity index (χ1v) is 7.12. The number of aliphatic carboxylic acids is 1. The van der Waals surface area contributed by atoms with Gasteiger partial charge in [-0.3, -0.25) is 0 Å². The highest BCUT2D eigenvalue weighted by Crippen LogP contribution is 2.27. The smallest absolute Gasteiger partial charge is 0.337 e. The Morgan fingerprint density at radius 3 is 2.36 bits per heavy atom. The van der Waals surface area contributed by atoms with Gasteiger partial charge >= 0.3 is 5.97 Å². The van der Waals surface area contributed by atoms with Crippen molar-refractivity contribution in [2.75, 3.05) is 0 Å². The molecular weight excluding hydrogens is 276 g/mol. The highest BCUT2D eigenvalue weighted by Gasteiger charge is 2.22. The molecule has 0 aliphatic heterocycles. The van der Waals surface area contributed by atoms with E-state index in [0.29, 0.717) is 5.56 Å². The molecular formula is C19H16O3. The zero-order valence-corrected chi connectivity index (χ0v) is 12.0. The number of benzene rings is 3. The van der Waals surface area contributed by atoms with Gasteiger partial charge in [-0.2, -0.15) is 0 Å². The largest absolute Gasteiger partial charge is 0.479 e. The molecule has 22 heavy (non-hydrogen) atoms. The molecule has 3 heteroatoms. The molecule has 1 unspecified atom stereocenters. The minimum Gasteiger partial charge on any atom is -0.479 e. The van der Waals surface area contributed by atoms with Crippen LogP contribution in [0.3, 0.4) is 0 Å². The summed E-state index contributed by atoms with van der Waals surface area (Å²) in [5.74, 6) is -0.979. The summed E-state index contributed by atoms with van der Waals surface area (Å²) < 4.78 is 5.68. The molecule has 0 amide bonds. The maximum atomic E-state index is 11.6. The molecule has 1 atom stereocenters. The van der Waals surface area contributed by atoms with Crippen LogP contribution in [0.5, 0.6) is 0 Å². The molecule has 0 aromatic heterocycles. The van der Waals surface area contributed by atoms with Crippen LogP contribution >= 0.6 is 0 Å². The van der Waals surface area contributed by atoms with Crippen molar-refractivity contribution in [3.05, 3.63) is 83.9 Å². The Hall–Kier alpha value is -2.65. The SMILES string of the molecule is O=C(O)C(OCc1ccccc1)c1cccc2ccccc12. The molecule has 1 N–H and O–H groups in total. The Kier molecular flexibility index (Phi) is 4.17. The summed E-state index contributed by atoms with van der Waals surface area (Å²) in [7, 11) is 0. The quantitative estimate of drug-likeness (QED) is 0.767. The Balaban J connectivity index is 1.92. The van der Waals surface area contributed by atoms with E-state index in [4.69, 9.17) is 4.74 Å². The lowest BCUT2D eigenvalue weighted by molar-refractivity contribution is -0.151. The lowest BCUT2D eigenvalue weighted by Crippen LogP contribution is -2.15. The van der Waals surface area contributed by atoms with Gasteiger partial charge in [0.1, 0.15) is 0 Å². The average Bonchev–Trinajstić information content (AvgIpc) is 2.56. The fraction of sp³-hybridized carbons (Fsp3) is 0.105. The zero-order chi connectivity index (χ0) is 15.4. The van der Waals surface area contributed by atoms with Crippen LogP contribution < -0.4 is 0 Å². The Morgan fingerprint density at radius 2 is 1.59 bits per heavy atom. The van der Waals surface area contributed by atoms with Crippen LogP contribution in [0.15, 0.2) is 72.8 Å². The van der Waals surface area contributed by atoms with E-state index in [-0.39, 0.29) is 6.61 Å². The molecule has 3 rings (SSSR count). The minimum atomic E-state index is -0.980. The second-order valence-corrected chi connectivity index (χ2v) is 5.08. The summed E-state index contributed by atoms with van der Waals surface area (Å²) >= 11 is 0. The number of carboxylic acids is 1. The van der Waals surface area contributed by atoms with Crippen LogP contribution in [0, 0.1) is 0 Å². The third-order valence-electron chi connectivity index (χ3n) is 3.59. The topological polar surface area (TPSA) is 46.5 Å². The number of hydrogen-bond acceptors (Lipinski definition) is 2. The highest BCUT2D eigenvalue weighted by molar-refractivity contribution is 5.90. The zero-order valence-electron chi connectivity index (χ0n) is 12.0. The second-order valence-electron chi connectivity index (χ2n) is 5.08. The molecule has 0 saturated heterocycles. The van der Waals surface area contributed by atoms with Gasteiger partial charge in [-0.05, 0) is 21.9 Å². The predicted octanol–water partition coefficient (Wildman–Crippen LogP) is 4.18. The van der Waals surface area contributed by atoms with Crippen LogP contribution in [0.2, 0.25) is 0 Å². The molecule has 3 aromatic rings. The van der Waals surface area contributed by atoms with Gasteiger partial charge < -0.3 is 9.84 Å². The molecule has 0 saturated carbocycles. The molecule has 0 bridgehead atoms. The van der Waals surface area contributed by atoms with Crippen LogP contribution in [0.4, 0.5) is 0 Å². The van der Waals surface area contributed by atoms with Crippen molar-refractivity contribution in [3.63, 3.8) is 0 Å². The molecule has 0 aliphatic carbocycles. The lowest BCUT2D eigenvalue weighted by atomic mass is 10.0. The summed E-state index contributed by atoms with van der Waals surface area (Å²) in [4.78, 5) is 11.6. The van der Waals surface area contributed by atoms with E-state index >= 15 is 0 Å². The summed E-state index contributed by atoms with van der Waals surface area (Å²) in [6.45, 7) is 0.265. The monoisotopic (exact) mass is 292 g/mol. The van der Waals surface area contributed by atoms with E-state index in [1.54, 1.807) is 0 Å². The van der Waals surface area contributed by atoms with Gasteiger partial charge in [0.15, 0.2) is 6.10 Å². The molecule has 3 nitrogen and oxygen atoms in total. The molecule has 0 spiro atoms. The Morgan fingerprint density at radius 1 is 0.909 bits per heavy atom. The molecule has 0 heterocycles. The lowest BCUT2D eigenvalue weighted by Gasteiger charge is -2.16. The predicted molar refractivity (Wildman–Crippen MR) is 85.6 cm³/mol. The first-order chi connectivity index (χ1) is 10.8. The maximum absolute atomic E-state index is 11.6. The van der Waals surface area contributed by atoms with Crippen molar-refractivity contribution >= 4 is 16.7 Å². The van der Waals surface area contributed by atoms with Gasteiger partial charge in [-0.25, -0.2) is 4.79 Å². The Bertz CT molecular complexity index is 776. The van der Waals surface area contributed by atoms with Gasteiger partial charge in [0.2, 0.25) is 0 Å². The second kappa shape index (κ2) is 6.41. The van der Waals surface area contributed by atoms with Crippen molar-refractivity contribution in [1.82, 2.24) is 0 Å². The number of rotatable bonds is 5. The van der Waals surface area contributed by atoms with E-state index in [1.165, 1.54) is 0 Å². The van der Waals surface area contributed by atoms with Gasteiger partial charge in [0.25, 0.3) is 0 Å². The third-order valence-corrected chi connectivity index (χ3v) is 3.59. The van der Waals surface area contributed by atoms with Crippen LogP contribution in [-0.4, -0.2) is 11.1 Å². The Labute approximate surface area is 128 Å². The van der Waals surface area contributed by atoms with Crippen LogP contribution in [0.25, 0.3) is 10.8 Å². The fourth-order valence-electron chi connectivity index (χ4n) is 2.53. The molecule has 110 valence electrons. The van der Waals surface area contributed by atoms with E-state index in [9.17, 15) is 9.90 Å². The average molecular weight is 292 g/mol. The molecule has 3 aromatic carbocycles. The fourth-order valence-corrected chi connectivity index (χ4v) is 2.53. The number of ether oxygens (including phenoxy) is 1. The van der Waals surface area contributed by atoms with Crippen LogP contribution in [0.1, 0.15) is 17.2 Å². The van der Waals surface area contributed by atoms with Crippen molar-refractivity contribution in [3.8, 4) is 0 Å². The summed E-state index contributed by atoms with van der Waals surface area (Å²) in [5, 5.41) is 11.5. The summed E-state index contributed by atoms with van der Waals surface area (Å²) in [6.07, 6.45) is -0.980. The van der Waals surface area contributed by atoms with Crippen molar-refractivity contribution in [2.45, 2.75) is 12.7 Å². The number of fused-ring (bicyclic) bond motifs is 1. The van der Waals surface area contributed by atoms with E-state index in [0.717, 1.165) is 16.3 Å². The highest BCUT2D eigenvalue weighted by atomic mass is 16.5. The van der Waals surface area contributed by atoms with Crippen molar-refractivity contribution in [2.24, 2.45) is 0 Å². The summed E-state index contributed by atoms with van der Waals surface area (Å²) in [6, 6.07) is 22.9. The first kappa shape index (κ1) is 14.3. The van der Waals surface area contributed by atoms with E-state index < -0.39 is 12.1 Å². The number of carbonyl (C=O) groups is 1. The summed E-state index contributed by atoms with van der Waals surface area (Å²) in [5.41, 5.74) is 1.63. The maximum Gasteiger partial charge on any atom is 0.337 e. The van der Waals surface area contributed by atoms with E-state index in [1.807, 2.05) is 72.8 Å². The molecule has 0 aliphatic rings. The van der Waals surface area contributed by atoms with Crippen LogP contribution in [-0.2, 0) is 16.1 Å². The van der Waals surface area contributed by atoms with Gasteiger partial charge in [-0.1, -0.05) is 72.8 Å². The normalized spacial score (nSPS) is 12.2. The number of hydrogen-bond donors (Lipinski definition) is 1. The minimum absolute atomic E-state index is 0.265. The first-order valence-electron chi connectivity index (χ1n) is 7.12. The molecule has 0 radical (unpaired) electrons. The van der Waals surface area contributed by atoms with Gasteiger partial charge in [0, 0.05) is 0 Å². The standard InChI is InChI=1S/C19H16O3/c20-19(21)18(22-13-14-7-2-1-3-8-14)17-12-6-10-15-9-4-5-11-16(15)17/h1-12,18H,13H2,(H,20,21). The van der Waals surface area contributed by atoms with Crippen molar-refractivity contribution < 1.29 is 14.6 Å². The van der Waals surface area contributed by atoms with Gasteiger partial charge in [-0.15, -0.1) is 0 Å². The third kappa shape index (κ3) is 3.00. The van der Waals surface area contributed by atoms with E-state index in [2.05, 4.69) is 0 Å². The van der Waals surface area contributed by atoms with Gasteiger partial charge in [0.05, 0.1) is 6.61 Å². The number of carboxylic acid groups (broad SMARTS) is 1. The molecule has 0 fully saturated rings. The van der Waals surface area contributed by atoms with Crippen molar-refractivity contribution in [1.29, 1.82) is 0 Å².